The van der Waals surface area contributed by atoms with Crippen LogP contribution in [0.15, 0.2) is 27.8 Å². The Morgan fingerprint density at radius 1 is 1.33 bits per heavy atom. The zero-order chi connectivity index (χ0) is 13.3. The van der Waals surface area contributed by atoms with Crippen LogP contribution in [0.25, 0.3) is 10.9 Å². The highest BCUT2D eigenvalue weighted by atomic mass is 16.5. The van der Waals surface area contributed by atoms with E-state index >= 15 is 0 Å². The number of ether oxygens (including phenoxy) is 1. The van der Waals surface area contributed by atoms with Gasteiger partial charge in [-0.1, -0.05) is 6.07 Å². The minimum Gasteiger partial charge on any atom is -0.495 e. The molecule has 0 aliphatic rings. The smallest absolute Gasteiger partial charge is 0.331 e. The predicted molar refractivity (Wildman–Crippen MR) is 69.1 cm³/mol. The Kier molecular flexibility index (Phi) is 3.20. The van der Waals surface area contributed by atoms with E-state index in [4.69, 9.17) is 10.5 Å². The van der Waals surface area contributed by atoms with Gasteiger partial charge in [0.1, 0.15) is 11.3 Å². The Balaban J connectivity index is 2.98. The molecule has 6 heteroatoms. The number of hydrogen-bond acceptors (Lipinski definition) is 4. The van der Waals surface area contributed by atoms with Crippen molar-refractivity contribution in [3.8, 4) is 5.75 Å². The van der Waals surface area contributed by atoms with Crippen molar-refractivity contribution in [2.24, 2.45) is 12.8 Å². The number of rotatable bonds is 3. The summed E-state index contributed by atoms with van der Waals surface area (Å²) in [6.45, 7) is 0.448. The van der Waals surface area contributed by atoms with E-state index < -0.39 is 0 Å². The topological polar surface area (TPSA) is 79.2 Å². The Bertz CT molecular complexity index is 700. The fraction of sp³-hybridized carbons (Fsp3) is 0.333. The van der Waals surface area contributed by atoms with Gasteiger partial charge in [-0.2, -0.15) is 0 Å². The van der Waals surface area contributed by atoms with Gasteiger partial charge < -0.3 is 10.5 Å². The van der Waals surface area contributed by atoms with Crippen LogP contribution in [0.2, 0.25) is 0 Å². The van der Waals surface area contributed by atoms with Gasteiger partial charge in [0, 0.05) is 20.1 Å². The van der Waals surface area contributed by atoms with Crippen molar-refractivity contribution < 1.29 is 4.74 Å². The molecule has 0 amide bonds. The van der Waals surface area contributed by atoms with Crippen LogP contribution in [0.5, 0.6) is 5.75 Å². The molecule has 1 aromatic heterocycles. The highest BCUT2D eigenvalue weighted by Crippen LogP contribution is 2.20. The molecule has 0 saturated carbocycles. The first-order valence-corrected chi connectivity index (χ1v) is 5.58. The molecule has 1 aromatic carbocycles. The van der Waals surface area contributed by atoms with Crippen LogP contribution < -0.4 is 21.7 Å². The normalized spacial score (nSPS) is 10.8. The quantitative estimate of drug-likeness (QED) is 0.807. The van der Waals surface area contributed by atoms with Crippen LogP contribution in [0.4, 0.5) is 0 Å². The molecule has 2 N–H and O–H groups in total. The van der Waals surface area contributed by atoms with Gasteiger partial charge in [0.15, 0.2) is 0 Å². The van der Waals surface area contributed by atoms with Crippen molar-refractivity contribution in [1.29, 1.82) is 0 Å². The van der Waals surface area contributed by atoms with Gasteiger partial charge in [-0.15, -0.1) is 0 Å². The summed E-state index contributed by atoms with van der Waals surface area (Å²) in [6, 6.07) is 5.11. The molecule has 0 aliphatic heterocycles. The number of nitrogens with zero attached hydrogens (tertiary/aromatic N) is 2. The average Bonchev–Trinajstić information content (AvgIpc) is 2.40. The van der Waals surface area contributed by atoms with Gasteiger partial charge in [-0.25, -0.2) is 4.79 Å². The Hall–Kier alpha value is -2.08. The van der Waals surface area contributed by atoms with Gasteiger partial charge in [-0.05, 0) is 12.1 Å². The first-order valence-electron chi connectivity index (χ1n) is 5.58. The summed E-state index contributed by atoms with van der Waals surface area (Å²) in [5, 5.41) is 0.449. The lowest BCUT2D eigenvalue weighted by atomic mass is 10.2. The molecule has 0 bridgehead atoms. The number of methoxy groups -OCH3 is 1. The summed E-state index contributed by atoms with van der Waals surface area (Å²) >= 11 is 0. The first-order chi connectivity index (χ1) is 8.61. The molecule has 0 aliphatic carbocycles. The number of hydrogen-bond donors (Lipinski definition) is 1. The summed E-state index contributed by atoms with van der Waals surface area (Å²) in [6.07, 6.45) is 0. The van der Waals surface area contributed by atoms with Crippen molar-refractivity contribution in [1.82, 2.24) is 9.13 Å². The van der Waals surface area contributed by atoms with Gasteiger partial charge >= 0.3 is 5.69 Å². The third kappa shape index (κ3) is 1.70. The van der Waals surface area contributed by atoms with Crippen molar-refractivity contribution >= 4 is 10.9 Å². The number of aromatic nitrogens is 2. The fourth-order valence-corrected chi connectivity index (χ4v) is 2.04. The molecule has 1 heterocycles. The van der Waals surface area contributed by atoms with Gasteiger partial charge in [0.05, 0.1) is 12.5 Å². The minimum absolute atomic E-state index is 0.207. The maximum absolute atomic E-state index is 12.2. The van der Waals surface area contributed by atoms with E-state index in [1.807, 2.05) is 0 Å². The monoisotopic (exact) mass is 249 g/mol. The maximum atomic E-state index is 12.2. The number of aryl methyl sites for hydroxylation is 1. The van der Waals surface area contributed by atoms with E-state index in [0.717, 1.165) is 4.57 Å². The Labute approximate surface area is 103 Å². The number of fused-ring (bicyclic) bond motifs is 1. The van der Waals surface area contributed by atoms with Crippen LogP contribution in [-0.4, -0.2) is 22.8 Å². The van der Waals surface area contributed by atoms with Crippen LogP contribution in [0, 0.1) is 0 Å². The third-order valence-electron chi connectivity index (χ3n) is 2.90. The van der Waals surface area contributed by atoms with E-state index in [9.17, 15) is 9.59 Å². The van der Waals surface area contributed by atoms with Gasteiger partial charge in [-0.3, -0.25) is 13.9 Å². The van der Waals surface area contributed by atoms with Crippen molar-refractivity contribution in [3.63, 3.8) is 0 Å². The van der Waals surface area contributed by atoms with Crippen molar-refractivity contribution in [2.45, 2.75) is 6.54 Å². The lowest BCUT2D eigenvalue weighted by Crippen LogP contribution is -2.40. The lowest BCUT2D eigenvalue weighted by Gasteiger charge is -2.12. The zero-order valence-corrected chi connectivity index (χ0v) is 10.3. The molecule has 6 nitrogen and oxygen atoms in total. The highest BCUT2D eigenvalue weighted by Gasteiger charge is 2.13. The summed E-state index contributed by atoms with van der Waals surface area (Å²) in [5.41, 5.74) is 5.20. The molecule has 0 atom stereocenters. The van der Waals surface area contributed by atoms with Crippen molar-refractivity contribution in [3.05, 3.63) is 39.0 Å². The van der Waals surface area contributed by atoms with E-state index in [-0.39, 0.29) is 24.3 Å². The molecule has 0 fully saturated rings. The van der Waals surface area contributed by atoms with Gasteiger partial charge in [0.2, 0.25) is 0 Å². The first kappa shape index (κ1) is 12.4. The number of benzene rings is 1. The fourth-order valence-electron chi connectivity index (χ4n) is 2.04. The van der Waals surface area contributed by atoms with Crippen LogP contribution >= 0.6 is 0 Å². The predicted octanol–water partition coefficient (Wildman–Crippen LogP) is -0.333. The zero-order valence-electron chi connectivity index (χ0n) is 10.3. The number of nitrogens with two attached hydrogens (primary N) is 1. The highest BCUT2D eigenvalue weighted by molar-refractivity contribution is 5.84. The molecule has 0 spiro atoms. The summed E-state index contributed by atoms with van der Waals surface area (Å²) in [7, 11) is 3.12. The molecule has 0 radical (unpaired) electrons. The Morgan fingerprint density at radius 3 is 2.67 bits per heavy atom. The maximum Gasteiger partial charge on any atom is 0.331 e. The second kappa shape index (κ2) is 4.66. The molecule has 96 valence electrons. The third-order valence-corrected chi connectivity index (χ3v) is 2.90. The van der Waals surface area contributed by atoms with E-state index in [2.05, 4.69) is 0 Å². The summed E-state index contributed by atoms with van der Waals surface area (Å²) < 4.78 is 7.73. The standard InChI is InChI=1S/C12H15N3O3/c1-14-10-8(4-3-5-9(10)18-2)11(16)15(7-6-13)12(14)17/h3-5H,6-7,13H2,1-2H3. The van der Waals surface area contributed by atoms with E-state index in [0.29, 0.717) is 16.7 Å². The van der Waals surface area contributed by atoms with Gasteiger partial charge in [0.25, 0.3) is 5.56 Å². The second-order valence-electron chi connectivity index (χ2n) is 3.94. The van der Waals surface area contributed by atoms with Crippen LogP contribution in [0.1, 0.15) is 0 Å². The minimum atomic E-state index is -0.387. The largest absolute Gasteiger partial charge is 0.495 e. The molecule has 2 rings (SSSR count). The molecule has 0 unspecified atom stereocenters. The van der Waals surface area contributed by atoms with E-state index in [1.165, 1.54) is 11.7 Å². The molecular formula is C12H15N3O3. The molecular weight excluding hydrogens is 234 g/mol. The molecule has 0 saturated heterocycles. The lowest BCUT2D eigenvalue weighted by molar-refractivity contribution is 0.416. The summed E-state index contributed by atoms with van der Waals surface area (Å²) in [5.74, 6) is 0.504. The van der Waals surface area contributed by atoms with Crippen LogP contribution in [0.3, 0.4) is 0 Å². The van der Waals surface area contributed by atoms with Crippen LogP contribution in [-0.2, 0) is 13.6 Å². The average molecular weight is 249 g/mol. The number of para-hydroxylation sites is 1. The Morgan fingerprint density at radius 2 is 2.06 bits per heavy atom. The van der Waals surface area contributed by atoms with E-state index in [1.54, 1.807) is 25.2 Å². The molecule has 18 heavy (non-hydrogen) atoms. The van der Waals surface area contributed by atoms with Crippen molar-refractivity contribution in [2.75, 3.05) is 13.7 Å². The second-order valence-corrected chi connectivity index (χ2v) is 3.94. The summed E-state index contributed by atoms with van der Waals surface area (Å²) in [4.78, 5) is 24.3. The molecule has 2 aromatic rings. The SMILES string of the molecule is COc1cccc2c(=O)n(CCN)c(=O)n(C)c12.